The lowest BCUT2D eigenvalue weighted by Gasteiger charge is -2.38. The molecule has 1 saturated heterocycles. The summed E-state index contributed by atoms with van der Waals surface area (Å²) in [6.07, 6.45) is 9.84. The molecule has 2 fully saturated rings. The van der Waals surface area contributed by atoms with Gasteiger partial charge in [0.25, 0.3) is 0 Å². The van der Waals surface area contributed by atoms with Crippen LogP contribution in [0.25, 0.3) is 0 Å². The largest absolute Gasteiger partial charge is 0.385 e. The molecule has 0 bridgehead atoms. The number of aromatic nitrogens is 5. The lowest BCUT2D eigenvalue weighted by molar-refractivity contribution is -0.0288. The van der Waals surface area contributed by atoms with Gasteiger partial charge in [0.15, 0.2) is 5.82 Å². The third-order valence-electron chi connectivity index (χ3n) is 5.48. The summed E-state index contributed by atoms with van der Waals surface area (Å²) in [5.74, 6) is 0.953. The fraction of sp³-hybridized carbons (Fsp3) is 0.647. The molecule has 2 aromatic heterocycles. The van der Waals surface area contributed by atoms with E-state index >= 15 is 0 Å². The maximum absolute atomic E-state index is 10.9. The van der Waals surface area contributed by atoms with Crippen molar-refractivity contribution in [3.05, 3.63) is 35.9 Å². The molecule has 0 radical (unpaired) electrons. The Kier molecular flexibility index (Phi) is 4.28. The standard InChI is InChI=1S/C17H24N6O/c24-17(14-4-3-9-18-12-14)7-10-22(11-8-17)13-16-19-20-21-23(16)15-5-1-2-6-15/h3-4,9,12,15,24H,1-2,5-8,10-11,13H2. The quantitative estimate of drug-likeness (QED) is 0.919. The van der Waals surface area contributed by atoms with Crippen LogP contribution in [0.4, 0.5) is 0 Å². The highest BCUT2D eigenvalue weighted by Crippen LogP contribution is 2.33. The number of rotatable bonds is 4. The van der Waals surface area contributed by atoms with Crippen molar-refractivity contribution in [2.45, 2.75) is 56.7 Å². The van der Waals surface area contributed by atoms with Crippen LogP contribution in [-0.4, -0.2) is 48.3 Å². The summed E-state index contributed by atoms with van der Waals surface area (Å²) in [5.41, 5.74) is 0.155. The molecule has 24 heavy (non-hydrogen) atoms. The smallest absolute Gasteiger partial charge is 0.165 e. The van der Waals surface area contributed by atoms with Crippen molar-refractivity contribution >= 4 is 0 Å². The normalized spacial score (nSPS) is 22.0. The minimum Gasteiger partial charge on any atom is -0.385 e. The molecule has 0 aromatic carbocycles. The fourth-order valence-electron chi connectivity index (χ4n) is 3.96. The van der Waals surface area contributed by atoms with Crippen LogP contribution < -0.4 is 0 Å². The number of nitrogens with zero attached hydrogens (tertiary/aromatic N) is 6. The Labute approximate surface area is 141 Å². The van der Waals surface area contributed by atoms with Gasteiger partial charge in [-0.05, 0) is 42.2 Å². The summed E-state index contributed by atoms with van der Waals surface area (Å²) in [7, 11) is 0. The van der Waals surface area contributed by atoms with Gasteiger partial charge in [0.05, 0.1) is 18.2 Å². The first-order valence-electron chi connectivity index (χ1n) is 8.87. The number of hydrogen-bond donors (Lipinski definition) is 1. The number of pyridine rings is 1. The highest BCUT2D eigenvalue weighted by molar-refractivity contribution is 5.19. The third-order valence-corrected chi connectivity index (χ3v) is 5.48. The number of aliphatic hydroxyl groups is 1. The van der Waals surface area contributed by atoms with Crippen LogP contribution in [0.3, 0.4) is 0 Å². The van der Waals surface area contributed by atoms with Crippen LogP contribution >= 0.6 is 0 Å². The minimum absolute atomic E-state index is 0.465. The number of piperidine rings is 1. The predicted octanol–water partition coefficient (Wildman–Crippen LogP) is 1.67. The van der Waals surface area contributed by atoms with Crippen molar-refractivity contribution in [3.8, 4) is 0 Å². The summed E-state index contributed by atoms with van der Waals surface area (Å²) in [6, 6.07) is 4.31. The van der Waals surface area contributed by atoms with E-state index in [1.807, 2.05) is 16.8 Å². The molecule has 0 amide bonds. The molecule has 2 aromatic rings. The van der Waals surface area contributed by atoms with Gasteiger partial charge in [-0.3, -0.25) is 9.88 Å². The van der Waals surface area contributed by atoms with Crippen LogP contribution in [0.5, 0.6) is 0 Å². The third kappa shape index (κ3) is 3.06. The molecule has 0 unspecified atom stereocenters. The van der Waals surface area contributed by atoms with Gasteiger partial charge < -0.3 is 5.11 Å². The average Bonchev–Trinajstić information content (AvgIpc) is 3.29. The maximum atomic E-state index is 10.9. The fourth-order valence-corrected chi connectivity index (χ4v) is 3.96. The lowest BCUT2D eigenvalue weighted by atomic mass is 9.85. The van der Waals surface area contributed by atoms with Crippen LogP contribution in [-0.2, 0) is 12.1 Å². The lowest BCUT2D eigenvalue weighted by Crippen LogP contribution is -2.42. The zero-order chi connectivity index (χ0) is 16.4. The molecule has 7 nitrogen and oxygen atoms in total. The van der Waals surface area contributed by atoms with Crippen LogP contribution in [0.15, 0.2) is 24.5 Å². The van der Waals surface area contributed by atoms with E-state index in [1.165, 1.54) is 25.7 Å². The van der Waals surface area contributed by atoms with E-state index in [1.54, 1.807) is 12.4 Å². The second-order valence-electron chi connectivity index (χ2n) is 7.03. The van der Waals surface area contributed by atoms with Crippen molar-refractivity contribution < 1.29 is 5.11 Å². The molecule has 128 valence electrons. The Balaban J connectivity index is 1.40. The second kappa shape index (κ2) is 6.57. The SMILES string of the molecule is OC1(c2cccnc2)CCN(Cc2nnnn2C2CCCC2)CC1. The topological polar surface area (TPSA) is 80.0 Å². The van der Waals surface area contributed by atoms with Crippen molar-refractivity contribution in [3.63, 3.8) is 0 Å². The summed E-state index contributed by atoms with van der Waals surface area (Å²) in [4.78, 5) is 6.47. The van der Waals surface area contributed by atoms with Gasteiger partial charge >= 0.3 is 0 Å². The molecule has 2 aliphatic rings. The monoisotopic (exact) mass is 328 g/mol. The van der Waals surface area contributed by atoms with Gasteiger partial charge in [0.1, 0.15) is 0 Å². The highest BCUT2D eigenvalue weighted by atomic mass is 16.3. The van der Waals surface area contributed by atoms with E-state index in [0.29, 0.717) is 18.9 Å². The molecule has 1 saturated carbocycles. The Morgan fingerprint density at radius 2 is 2.00 bits per heavy atom. The van der Waals surface area contributed by atoms with E-state index in [9.17, 15) is 5.11 Å². The van der Waals surface area contributed by atoms with Crippen LogP contribution in [0, 0.1) is 0 Å². The van der Waals surface area contributed by atoms with Gasteiger partial charge in [-0.2, -0.15) is 0 Å². The van der Waals surface area contributed by atoms with Gasteiger partial charge in [-0.15, -0.1) is 5.10 Å². The molecule has 1 aliphatic carbocycles. The van der Waals surface area contributed by atoms with E-state index in [-0.39, 0.29) is 0 Å². The highest BCUT2D eigenvalue weighted by Gasteiger charge is 2.34. The van der Waals surface area contributed by atoms with Gasteiger partial charge in [0, 0.05) is 31.0 Å². The van der Waals surface area contributed by atoms with Crippen LogP contribution in [0.1, 0.15) is 56.0 Å². The Bertz CT molecular complexity index is 659. The zero-order valence-corrected chi connectivity index (χ0v) is 13.9. The average molecular weight is 328 g/mol. The van der Waals surface area contributed by atoms with Crippen LogP contribution in [0.2, 0.25) is 0 Å². The predicted molar refractivity (Wildman–Crippen MR) is 88.0 cm³/mol. The number of likely N-dealkylation sites (tertiary alicyclic amines) is 1. The molecule has 1 N–H and O–H groups in total. The minimum atomic E-state index is -0.762. The second-order valence-corrected chi connectivity index (χ2v) is 7.03. The first kappa shape index (κ1) is 15.7. The van der Waals surface area contributed by atoms with Crippen molar-refractivity contribution in [1.29, 1.82) is 0 Å². The molecule has 0 atom stereocenters. The summed E-state index contributed by atoms with van der Waals surface area (Å²) >= 11 is 0. The molecular weight excluding hydrogens is 304 g/mol. The molecule has 0 spiro atoms. The number of tetrazole rings is 1. The van der Waals surface area contributed by atoms with E-state index in [4.69, 9.17) is 0 Å². The van der Waals surface area contributed by atoms with Crippen molar-refractivity contribution in [2.75, 3.05) is 13.1 Å². The molecular formula is C17H24N6O. The Morgan fingerprint density at radius 3 is 2.71 bits per heavy atom. The van der Waals surface area contributed by atoms with Gasteiger partial charge in [-0.1, -0.05) is 18.9 Å². The zero-order valence-electron chi connectivity index (χ0n) is 13.9. The summed E-state index contributed by atoms with van der Waals surface area (Å²) < 4.78 is 2.02. The summed E-state index contributed by atoms with van der Waals surface area (Å²) in [6.45, 7) is 2.43. The van der Waals surface area contributed by atoms with E-state index < -0.39 is 5.60 Å². The van der Waals surface area contributed by atoms with Gasteiger partial charge in [-0.25, -0.2) is 4.68 Å². The van der Waals surface area contributed by atoms with E-state index in [0.717, 1.165) is 31.0 Å². The molecule has 3 heterocycles. The Hall–Kier alpha value is -1.86. The molecule has 1 aliphatic heterocycles. The van der Waals surface area contributed by atoms with Gasteiger partial charge in [0.2, 0.25) is 0 Å². The molecule has 4 rings (SSSR count). The van der Waals surface area contributed by atoms with Crippen molar-refractivity contribution in [1.82, 2.24) is 30.1 Å². The maximum Gasteiger partial charge on any atom is 0.165 e. The first-order chi connectivity index (χ1) is 11.7. The molecule has 7 heteroatoms. The Morgan fingerprint density at radius 1 is 1.21 bits per heavy atom. The number of hydrogen-bond acceptors (Lipinski definition) is 6. The van der Waals surface area contributed by atoms with Crippen molar-refractivity contribution in [2.24, 2.45) is 0 Å². The van der Waals surface area contributed by atoms with E-state index in [2.05, 4.69) is 25.4 Å². The summed E-state index contributed by atoms with van der Waals surface area (Å²) in [5, 5.41) is 23.2. The first-order valence-corrected chi connectivity index (χ1v) is 8.87.